The fraction of sp³-hybridized carbons (Fsp3) is 0.611. The van der Waals surface area contributed by atoms with Crippen molar-refractivity contribution in [1.82, 2.24) is 9.80 Å². The lowest BCUT2D eigenvalue weighted by Gasteiger charge is -2.36. The molecular formula is C18H27BrN2O3. The Labute approximate surface area is 153 Å². The number of nitrogens with zero attached hydrogens (tertiary/aromatic N) is 2. The fourth-order valence-electron chi connectivity index (χ4n) is 2.59. The Kier molecular flexibility index (Phi) is 6.52. The van der Waals surface area contributed by atoms with Gasteiger partial charge in [0.1, 0.15) is 17.5 Å². The summed E-state index contributed by atoms with van der Waals surface area (Å²) in [5.41, 5.74) is -0.443. The third kappa shape index (κ3) is 6.32. The fourth-order valence-corrected chi connectivity index (χ4v) is 2.85. The van der Waals surface area contributed by atoms with Crippen molar-refractivity contribution in [2.45, 2.75) is 39.4 Å². The molecule has 0 radical (unpaired) electrons. The zero-order valence-electron chi connectivity index (χ0n) is 14.9. The molecule has 134 valence electrons. The van der Waals surface area contributed by atoms with Gasteiger partial charge in [-0.15, -0.1) is 0 Å². The molecule has 1 atom stereocenters. The molecule has 1 aliphatic rings. The topological polar surface area (TPSA) is 42.0 Å². The number of benzene rings is 1. The first-order valence-corrected chi connectivity index (χ1v) is 9.15. The molecule has 1 saturated heterocycles. The normalized spacial score (nSPS) is 17.5. The molecule has 0 aromatic heterocycles. The molecule has 5 nitrogen and oxygen atoms in total. The minimum absolute atomic E-state index is 0.0965. The highest BCUT2D eigenvalue weighted by Crippen LogP contribution is 2.18. The van der Waals surface area contributed by atoms with Gasteiger partial charge in [0.25, 0.3) is 0 Å². The van der Waals surface area contributed by atoms with Crippen molar-refractivity contribution in [2.75, 3.05) is 32.7 Å². The molecule has 1 aromatic rings. The number of ether oxygens (including phenoxy) is 2. The van der Waals surface area contributed by atoms with E-state index in [0.29, 0.717) is 13.1 Å². The summed E-state index contributed by atoms with van der Waals surface area (Å²) in [7, 11) is 0. The van der Waals surface area contributed by atoms with Crippen LogP contribution in [0, 0.1) is 0 Å². The van der Waals surface area contributed by atoms with Crippen molar-refractivity contribution in [3.05, 3.63) is 28.7 Å². The molecule has 0 N–H and O–H groups in total. The first-order valence-electron chi connectivity index (χ1n) is 8.35. The van der Waals surface area contributed by atoms with E-state index in [-0.39, 0.29) is 12.2 Å². The van der Waals surface area contributed by atoms with Crippen LogP contribution in [0.1, 0.15) is 27.7 Å². The highest BCUT2D eigenvalue weighted by atomic mass is 79.9. The predicted octanol–water partition coefficient (Wildman–Crippen LogP) is 3.77. The number of amides is 1. The summed E-state index contributed by atoms with van der Waals surface area (Å²) in [5.74, 6) is 0.873. The molecule has 1 aromatic carbocycles. The lowest BCUT2D eigenvalue weighted by atomic mass is 10.2. The summed E-state index contributed by atoms with van der Waals surface area (Å²) < 4.78 is 12.4. The van der Waals surface area contributed by atoms with Crippen molar-refractivity contribution in [2.24, 2.45) is 0 Å². The van der Waals surface area contributed by atoms with Gasteiger partial charge in [-0.25, -0.2) is 4.79 Å². The van der Waals surface area contributed by atoms with E-state index in [2.05, 4.69) is 27.8 Å². The smallest absolute Gasteiger partial charge is 0.410 e. The Morgan fingerprint density at radius 2 is 1.75 bits per heavy atom. The lowest BCUT2D eigenvalue weighted by Crippen LogP contribution is -2.51. The molecule has 24 heavy (non-hydrogen) atoms. The van der Waals surface area contributed by atoms with Gasteiger partial charge in [0.05, 0.1) is 0 Å². The Morgan fingerprint density at radius 3 is 2.29 bits per heavy atom. The summed E-state index contributed by atoms with van der Waals surface area (Å²) in [6.07, 6.45) is -0.124. The number of rotatable bonds is 4. The van der Waals surface area contributed by atoms with Gasteiger partial charge in [-0.05, 0) is 52.0 Å². The number of carbonyl (C=O) groups excluding carboxylic acids is 1. The van der Waals surface area contributed by atoms with Crippen molar-refractivity contribution in [3.8, 4) is 5.75 Å². The summed E-state index contributed by atoms with van der Waals surface area (Å²) in [6, 6.07) is 7.87. The predicted molar refractivity (Wildman–Crippen MR) is 98.5 cm³/mol. The largest absolute Gasteiger partial charge is 0.489 e. The van der Waals surface area contributed by atoms with Crippen LogP contribution in [0.25, 0.3) is 0 Å². The minimum atomic E-state index is -0.443. The number of piperazine rings is 1. The van der Waals surface area contributed by atoms with Gasteiger partial charge in [-0.3, -0.25) is 4.90 Å². The van der Waals surface area contributed by atoms with Gasteiger partial charge < -0.3 is 14.4 Å². The van der Waals surface area contributed by atoms with E-state index in [1.54, 1.807) is 4.90 Å². The Hall–Kier alpha value is -1.27. The first kappa shape index (κ1) is 19.1. The second-order valence-corrected chi connectivity index (χ2v) is 8.07. The van der Waals surface area contributed by atoms with Crippen LogP contribution in [-0.2, 0) is 4.74 Å². The van der Waals surface area contributed by atoms with E-state index in [4.69, 9.17) is 9.47 Å². The molecule has 0 aliphatic carbocycles. The molecule has 1 unspecified atom stereocenters. The highest BCUT2D eigenvalue weighted by Gasteiger charge is 2.26. The molecule has 6 heteroatoms. The van der Waals surface area contributed by atoms with Gasteiger partial charge in [0.2, 0.25) is 0 Å². The molecule has 0 bridgehead atoms. The molecule has 1 amide bonds. The lowest BCUT2D eigenvalue weighted by molar-refractivity contribution is 0.0118. The zero-order chi connectivity index (χ0) is 17.7. The summed E-state index contributed by atoms with van der Waals surface area (Å²) in [4.78, 5) is 16.2. The second kappa shape index (κ2) is 8.21. The molecule has 1 aliphatic heterocycles. The monoisotopic (exact) mass is 398 g/mol. The van der Waals surface area contributed by atoms with Crippen molar-refractivity contribution in [3.63, 3.8) is 0 Å². The summed E-state index contributed by atoms with van der Waals surface area (Å²) in [6.45, 7) is 11.7. The third-order valence-corrected chi connectivity index (χ3v) is 4.22. The van der Waals surface area contributed by atoms with E-state index in [0.717, 1.165) is 29.9 Å². The van der Waals surface area contributed by atoms with E-state index < -0.39 is 5.60 Å². The Bertz CT molecular complexity index is 534. The van der Waals surface area contributed by atoms with Crippen LogP contribution in [0.3, 0.4) is 0 Å². The maximum Gasteiger partial charge on any atom is 0.410 e. The van der Waals surface area contributed by atoms with Crippen LogP contribution < -0.4 is 4.74 Å². The molecule has 1 heterocycles. The van der Waals surface area contributed by atoms with Gasteiger partial charge in [-0.1, -0.05) is 15.9 Å². The SMILES string of the molecule is CC(CN1CCN(C(=O)OC(C)(C)C)CC1)Oc1ccc(Br)cc1. The average molecular weight is 399 g/mol. The van der Waals surface area contributed by atoms with Crippen LogP contribution in [0.2, 0.25) is 0 Å². The Morgan fingerprint density at radius 1 is 1.17 bits per heavy atom. The van der Waals surface area contributed by atoms with Crippen LogP contribution >= 0.6 is 15.9 Å². The zero-order valence-corrected chi connectivity index (χ0v) is 16.5. The van der Waals surface area contributed by atoms with E-state index >= 15 is 0 Å². The molecular weight excluding hydrogens is 372 g/mol. The van der Waals surface area contributed by atoms with Crippen LogP contribution in [-0.4, -0.2) is 60.3 Å². The third-order valence-electron chi connectivity index (χ3n) is 3.69. The maximum absolute atomic E-state index is 12.1. The van der Waals surface area contributed by atoms with Gasteiger partial charge in [0, 0.05) is 37.2 Å². The Balaban J connectivity index is 1.74. The summed E-state index contributed by atoms with van der Waals surface area (Å²) >= 11 is 3.42. The number of halogens is 1. The minimum Gasteiger partial charge on any atom is -0.489 e. The number of hydrogen-bond acceptors (Lipinski definition) is 4. The van der Waals surface area contributed by atoms with E-state index in [9.17, 15) is 4.79 Å². The van der Waals surface area contributed by atoms with Gasteiger partial charge >= 0.3 is 6.09 Å². The van der Waals surface area contributed by atoms with Crippen LogP contribution in [0.15, 0.2) is 28.7 Å². The van der Waals surface area contributed by atoms with E-state index in [1.165, 1.54) is 0 Å². The van der Waals surface area contributed by atoms with Crippen molar-refractivity contribution >= 4 is 22.0 Å². The standard InChI is InChI=1S/C18H27BrN2O3/c1-14(23-16-7-5-15(19)6-8-16)13-20-9-11-21(12-10-20)17(22)24-18(2,3)4/h5-8,14H,9-13H2,1-4H3. The van der Waals surface area contributed by atoms with Gasteiger partial charge in [0.15, 0.2) is 0 Å². The average Bonchev–Trinajstić information content (AvgIpc) is 2.48. The number of hydrogen-bond donors (Lipinski definition) is 0. The van der Waals surface area contributed by atoms with Crippen molar-refractivity contribution in [1.29, 1.82) is 0 Å². The second-order valence-electron chi connectivity index (χ2n) is 7.15. The van der Waals surface area contributed by atoms with Gasteiger partial charge in [-0.2, -0.15) is 0 Å². The van der Waals surface area contributed by atoms with Crippen LogP contribution in [0.4, 0.5) is 4.79 Å². The quantitative estimate of drug-likeness (QED) is 0.773. The molecule has 0 saturated carbocycles. The van der Waals surface area contributed by atoms with Crippen molar-refractivity contribution < 1.29 is 14.3 Å². The maximum atomic E-state index is 12.1. The first-order chi connectivity index (χ1) is 11.2. The summed E-state index contributed by atoms with van der Waals surface area (Å²) in [5, 5.41) is 0. The molecule has 0 spiro atoms. The highest BCUT2D eigenvalue weighted by molar-refractivity contribution is 9.10. The molecule has 2 rings (SSSR count). The van der Waals surface area contributed by atoms with E-state index in [1.807, 2.05) is 45.0 Å². The van der Waals surface area contributed by atoms with Crippen LogP contribution in [0.5, 0.6) is 5.75 Å². The number of carbonyl (C=O) groups is 1. The molecule has 1 fully saturated rings.